The Morgan fingerprint density at radius 1 is 1.28 bits per heavy atom. The molecule has 0 heterocycles. The van der Waals surface area contributed by atoms with E-state index in [0.29, 0.717) is 12.1 Å². The Hall–Kier alpha value is -1.05. The van der Waals surface area contributed by atoms with Gasteiger partial charge < -0.3 is 10.2 Å². The SMILES string of the molecule is O=Cc1cc(C(O)C(O)CS)cc(C(F)(F)F)c1. The second-order valence-corrected chi connectivity index (χ2v) is 4.06. The maximum Gasteiger partial charge on any atom is 0.416 e. The first-order valence-corrected chi connectivity index (χ1v) is 5.57. The summed E-state index contributed by atoms with van der Waals surface area (Å²) in [4.78, 5) is 10.6. The monoisotopic (exact) mass is 280 g/mol. The molecule has 100 valence electrons. The number of hydrogen-bond acceptors (Lipinski definition) is 4. The molecule has 7 heteroatoms. The van der Waals surface area contributed by atoms with Crippen LogP contribution in [0, 0.1) is 0 Å². The molecule has 0 saturated heterocycles. The molecule has 0 aliphatic carbocycles. The van der Waals surface area contributed by atoms with Gasteiger partial charge in [-0.05, 0) is 23.8 Å². The van der Waals surface area contributed by atoms with Gasteiger partial charge in [-0.2, -0.15) is 25.8 Å². The van der Waals surface area contributed by atoms with Gasteiger partial charge in [0, 0.05) is 11.3 Å². The van der Waals surface area contributed by atoms with E-state index < -0.39 is 23.9 Å². The van der Waals surface area contributed by atoms with Crippen molar-refractivity contribution in [1.29, 1.82) is 0 Å². The number of aldehydes is 1. The lowest BCUT2D eigenvalue weighted by atomic mass is 9.99. The van der Waals surface area contributed by atoms with E-state index in [0.717, 1.165) is 6.07 Å². The highest BCUT2D eigenvalue weighted by Gasteiger charge is 2.32. The molecule has 0 spiro atoms. The standard InChI is InChI=1S/C11H11F3O3S/c12-11(13,14)8-2-6(4-15)1-7(3-8)10(17)9(16)5-18/h1-4,9-10,16-18H,5H2. The summed E-state index contributed by atoms with van der Waals surface area (Å²) in [6, 6.07) is 2.47. The Bertz CT molecular complexity index is 434. The minimum Gasteiger partial charge on any atom is -0.389 e. The molecule has 0 fully saturated rings. The summed E-state index contributed by atoms with van der Waals surface area (Å²) in [6.07, 6.45) is -7.21. The molecule has 2 N–H and O–H groups in total. The number of halogens is 3. The first-order chi connectivity index (χ1) is 8.29. The number of rotatable bonds is 4. The Morgan fingerprint density at radius 2 is 1.89 bits per heavy atom. The Kier molecular flexibility index (Phi) is 4.78. The molecule has 0 aliphatic heterocycles. The molecule has 2 atom stereocenters. The third-order valence-electron chi connectivity index (χ3n) is 2.33. The zero-order valence-corrected chi connectivity index (χ0v) is 9.95. The maximum absolute atomic E-state index is 12.6. The van der Waals surface area contributed by atoms with E-state index in [1.165, 1.54) is 0 Å². The highest BCUT2D eigenvalue weighted by Crippen LogP contribution is 2.32. The van der Waals surface area contributed by atoms with Gasteiger partial charge in [0.15, 0.2) is 0 Å². The van der Waals surface area contributed by atoms with Crippen LogP contribution in [-0.2, 0) is 6.18 Å². The van der Waals surface area contributed by atoms with Gasteiger partial charge in [-0.3, -0.25) is 4.79 Å². The second-order valence-electron chi connectivity index (χ2n) is 3.70. The van der Waals surface area contributed by atoms with Crippen LogP contribution in [0.1, 0.15) is 27.6 Å². The van der Waals surface area contributed by atoms with Crippen LogP contribution in [0.5, 0.6) is 0 Å². The van der Waals surface area contributed by atoms with E-state index in [9.17, 15) is 28.2 Å². The van der Waals surface area contributed by atoms with Gasteiger partial charge in [-0.25, -0.2) is 0 Å². The Morgan fingerprint density at radius 3 is 2.33 bits per heavy atom. The normalized spacial score (nSPS) is 15.2. The van der Waals surface area contributed by atoms with Gasteiger partial charge in [0.1, 0.15) is 12.4 Å². The van der Waals surface area contributed by atoms with Crippen molar-refractivity contribution < 1.29 is 28.2 Å². The van der Waals surface area contributed by atoms with Crippen LogP contribution in [0.3, 0.4) is 0 Å². The fourth-order valence-electron chi connectivity index (χ4n) is 1.40. The van der Waals surface area contributed by atoms with Crippen LogP contribution in [0.4, 0.5) is 13.2 Å². The number of aliphatic hydroxyl groups excluding tert-OH is 2. The molecule has 0 aliphatic rings. The summed E-state index contributed by atoms with van der Waals surface area (Å²) in [5.74, 6) is -0.117. The van der Waals surface area contributed by atoms with E-state index >= 15 is 0 Å². The van der Waals surface area contributed by atoms with Gasteiger partial charge in [0.25, 0.3) is 0 Å². The summed E-state index contributed by atoms with van der Waals surface area (Å²) in [6.45, 7) is 0. The maximum atomic E-state index is 12.6. The zero-order chi connectivity index (χ0) is 13.9. The van der Waals surface area contributed by atoms with Crippen LogP contribution in [0.15, 0.2) is 18.2 Å². The molecule has 1 aromatic carbocycles. The molecular formula is C11H11F3O3S. The molecule has 18 heavy (non-hydrogen) atoms. The predicted octanol–water partition coefficient (Wildman–Crippen LogP) is 1.84. The van der Waals surface area contributed by atoms with Gasteiger partial charge in [-0.1, -0.05) is 0 Å². The van der Waals surface area contributed by atoms with E-state index in [4.69, 9.17) is 0 Å². The van der Waals surface area contributed by atoms with Crippen molar-refractivity contribution in [3.05, 3.63) is 34.9 Å². The molecule has 0 amide bonds. The minimum atomic E-state index is -4.63. The van der Waals surface area contributed by atoms with Crippen LogP contribution in [0.2, 0.25) is 0 Å². The van der Waals surface area contributed by atoms with Crippen molar-refractivity contribution in [2.24, 2.45) is 0 Å². The van der Waals surface area contributed by atoms with Crippen LogP contribution >= 0.6 is 12.6 Å². The molecule has 1 aromatic rings. The quantitative estimate of drug-likeness (QED) is 0.582. The van der Waals surface area contributed by atoms with Gasteiger partial charge in [0.05, 0.1) is 11.7 Å². The van der Waals surface area contributed by atoms with Crippen molar-refractivity contribution in [3.8, 4) is 0 Å². The average Bonchev–Trinajstić information content (AvgIpc) is 2.35. The highest BCUT2D eigenvalue weighted by molar-refractivity contribution is 7.80. The lowest BCUT2D eigenvalue weighted by Crippen LogP contribution is -2.20. The van der Waals surface area contributed by atoms with E-state index in [-0.39, 0.29) is 23.2 Å². The summed E-state index contributed by atoms with van der Waals surface area (Å²) in [5.41, 5.74) is -1.44. The number of aliphatic hydroxyl groups is 2. The molecule has 0 bridgehead atoms. The van der Waals surface area contributed by atoms with Gasteiger partial charge >= 0.3 is 6.18 Å². The summed E-state index contributed by atoms with van der Waals surface area (Å²) >= 11 is 3.74. The van der Waals surface area contributed by atoms with E-state index in [1.807, 2.05) is 0 Å². The number of hydrogen-bond donors (Lipinski definition) is 3. The third kappa shape index (κ3) is 3.47. The second kappa shape index (κ2) is 5.73. The Balaban J connectivity index is 3.24. The fraction of sp³-hybridized carbons (Fsp3) is 0.364. The van der Waals surface area contributed by atoms with Crippen LogP contribution < -0.4 is 0 Å². The number of thiol groups is 1. The fourth-order valence-corrected chi connectivity index (χ4v) is 1.60. The minimum absolute atomic E-state index is 0.117. The van der Waals surface area contributed by atoms with Crippen molar-refractivity contribution in [3.63, 3.8) is 0 Å². The van der Waals surface area contributed by atoms with Crippen LogP contribution in [-0.4, -0.2) is 28.4 Å². The molecule has 2 unspecified atom stereocenters. The van der Waals surface area contributed by atoms with Crippen molar-refractivity contribution in [1.82, 2.24) is 0 Å². The van der Waals surface area contributed by atoms with Crippen molar-refractivity contribution >= 4 is 18.9 Å². The largest absolute Gasteiger partial charge is 0.416 e. The number of carbonyl (C=O) groups excluding carboxylic acids is 1. The van der Waals surface area contributed by atoms with Gasteiger partial charge in [0.2, 0.25) is 0 Å². The van der Waals surface area contributed by atoms with Crippen LogP contribution in [0.25, 0.3) is 0 Å². The molecule has 0 saturated carbocycles. The molecule has 0 radical (unpaired) electrons. The first kappa shape index (κ1) is 15.0. The van der Waals surface area contributed by atoms with Gasteiger partial charge in [-0.15, -0.1) is 0 Å². The first-order valence-electron chi connectivity index (χ1n) is 4.94. The average molecular weight is 280 g/mol. The van der Waals surface area contributed by atoms with Crippen molar-refractivity contribution in [2.45, 2.75) is 18.4 Å². The lowest BCUT2D eigenvalue weighted by molar-refractivity contribution is -0.137. The number of carbonyl (C=O) groups is 1. The molecule has 3 nitrogen and oxygen atoms in total. The number of benzene rings is 1. The zero-order valence-electron chi connectivity index (χ0n) is 9.05. The molecule has 1 rings (SSSR count). The van der Waals surface area contributed by atoms with Crippen molar-refractivity contribution in [2.75, 3.05) is 5.75 Å². The summed E-state index contributed by atoms with van der Waals surface area (Å²) in [5, 5.41) is 19.0. The smallest absolute Gasteiger partial charge is 0.389 e. The summed E-state index contributed by atoms with van der Waals surface area (Å²) in [7, 11) is 0. The predicted molar refractivity (Wildman–Crippen MR) is 61.7 cm³/mol. The Labute approximate surface area is 107 Å². The summed E-state index contributed by atoms with van der Waals surface area (Å²) < 4.78 is 37.7. The van der Waals surface area contributed by atoms with E-state index in [2.05, 4.69) is 12.6 Å². The van der Waals surface area contributed by atoms with E-state index in [1.54, 1.807) is 0 Å². The lowest BCUT2D eigenvalue weighted by Gasteiger charge is -2.18. The molecule has 0 aromatic heterocycles. The highest BCUT2D eigenvalue weighted by atomic mass is 32.1. The topological polar surface area (TPSA) is 57.5 Å². The molecular weight excluding hydrogens is 269 g/mol. The third-order valence-corrected chi connectivity index (χ3v) is 2.71. The number of alkyl halides is 3.